The first-order chi connectivity index (χ1) is 7.32. The molecule has 1 nitrogen and oxygen atoms in total. The van der Waals surface area contributed by atoms with Gasteiger partial charge in [0.1, 0.15) is 0 Å². The highest BCUT2D eigenvalue weighted by atomic mass is 32.2. The molecule has 0 bridgehead atoms. The zero-order chi connectivity index (χ0) is 10.7. The molecule has 82 valence electrons. The summed E-state index contributed by atoms with van der Waals surface area (Å²) in [5.41, 5.74) is 7.69. The molecule has 1 fully saturated rings. The van der Waals surface area contributed by atoms with Crippen LogP contribution in [0.1, 0.15) is 31.2 Å². The summed E-state index contributed by atoms with van der Waals surface area (Å²) in [7, 11) is 0. The van der Waals surface area contributed by atoms with Gasteiger partial charge in [-0.05, 0) is 49.1 Å². The average molecular weight is 221 g/mol. The highest BCUT2D eigenvalue weighted by Crippen LogP contribution is 2.48. The van der Waals surface area contributed by atoms with Crippen molar-refractivity contribution in [3.8, 4) is 0 Å². The molecule has 1 aromatic rings. The summed E-state index contributed by atoms with van der Waals surface area (Å²) < 4.78 is 0. The highest BCUT2D eigenvalue weighted by Gasteiger charge is 2.38. The first kappa shape index (κ1) is 11.0. The molecule has 2 rings (SSSR count). The van der Waals surface area contributed by atoms with Crippen molar-refractivity contribution in [2.24, 2.45) is 5.73 Å². The molecular formula is C13H19NS. The lowest BCUT2D eigenvalue weighted by Gasteiger charge is -2.43. The Balaban J connectivity index is 2.33. The molecule has 1 aliphatic carbocycles. The third kappa shape index (κ3) is 1.93. The van der Waals surface area contributed by atoms with Crippen LogP contribution in [0.5, 0.6) is 0 Å². The molecule has 0 aliphatic heterocycles. The summed E-state index contributed by atoms with van der Waals surface area (Å²) in [6, 6.07) is 8.81. The molecule has 0 aromatic heterocycles. The van der Waals surface area contributed by atoms with Crippen molar-refractivity contribution in [2.45, 2.75) is 36.0 Å². The van der Waals surface area contributed by atoms with E-state index in [1.807, 2.05) is 11.8 Å². The Morgan fingerprint density at radius 1 is 1.33 bits per heavy atom. The Bertz CT molecular complexity index is 331. The van der Waals surface area contributed by atoms with Crippen molar-refractivity contribution in [3.63, 3.8) is 0 Å². The Kier molecular flexibility index (Phi) is 3.37. The predicted molar refractivity (Wildman–Crippen MR) is 67.4 cm³/mol. The van der Waals surface area contributed by atoms with E-state index < -0.39 is 0 Å². The van der Waals surface area contributed by atoms with Crippen molar-refractivity contribution in [1.82, 2.24) is 0 Å². The van der Waals surface area contributed by atoms with Gasteiger partial charge in [0.05, 0.1) is 0 Å². The maximum absolute atomic E-state index is 5.75. The minimum Gasteiger partial charge on any atom is -0.330 e. The van der Waals surface area contributed by atoms with Crippen LogP contribution in [0, 0.1) is 0 Å². The van der Waals surface area contributed by atoms with E-state index in [9.17, 15) is 0 Å². The van der Waals surface area contributed by atoms with Gasteiger partial charge in [0, 0.05) is 4.90 Å². The summed E-state index contributed by atoms with van der Waals surface area (Å²) in [5, 5.41) is 0. The Labute approximate surface area is 96.4 Å². The van der Waals surface area contributed by atoms with Gasteiger partial charge in [-0.15, -0.1) is 11.8 Å². The van der Waals surface area contributed by atoms with E-state index in [0.29, 0.717) is 5.41 Å². The topological polar surface area (TPSA) is 26.0 Å². The van der Waals surface area contributed by atoms with Gasteiger partial charge in [-0.25, -0.2) is 0 Å². The van der Waals surface area contributed by atoms with Gasteiger partial charge in [-0.3, -0.25) is 0 Å². The van der Waals surface area contributed by atoms with Gasteiger partial charge in [0.25, 0.3) is 0 Å². The SMILES string of the molecule is CSc1ccccc1C1(CCN)CCC1. The second kappa shape index (κ2) is 4.58. The molecule has 15 heavy (non-hydrogen) atoms. The molecule has 0 unspecified atom stereocenters. The lowest BCUT2D eigenvalue weighted by Crippen LogP contribution is -2.36. The molecule has 0 atom stereocenters. The number of hydrogen-bond donors (Lipinski definition) is 1. The minimum atomic E-state index is 0.411. The number of benzene rings is 1. The number of rotatable bonds is 4. The normalized spacial score (nSPS) is 18.5. The average Bonchev–Trinajstić information content (AvgIpc) is 2.23. The fraction of sp³-hybridized carbons (Fsp3) is 0.538. The van der Waals surface area contributed by atoms with E-state index in [1.165, 1.54) is 29.7 Å². The third-order valence-corrected chi connectivity index (χ3v) is 4.41. The van der Waals surface area contributed by atoms with Crippen LogP contribution in [0.25, 0.3) is 0 Å². The van der Waals surface area contributed by atoms with Crippen molar-refractivity contribution in [2.75, 3.05) is 12.8 Å². The van der Waals surface area contributed by atoms with E-state index in [-0.39, 0.29) is 0 Å². The van der Waals surface area contributed by atoms with Crippen molar-refractivity contribution >= 4 is 11.8 Å². The monoisotopic (exact) mass is 221 g/mol. The maximum atomic E-state index is 5.75. The van der Waals surface area contributed by atoms with E-state index >= 15 is 0 Å². The maximum Gasteiger partial charge on any atom is 0.0107 e. The highest BCUT2D eigenvalue weighted by molar-refractivity contribution is 7.98. The number of hydrogen-bond acceptors (Lipinski definition) is 2. The van der Waals surface area contributed by atoms with Gasteiger partial charge in [0.2, 0.25) is 0 Å². The lowest BCUT2D eigenvalue weighted by molar-refractivity contribution is 0.225. The standard InChI is InChI=1S/C13H19NS/c1-15-12-6-3-2-5-11(12)13(9-10-14)7-4-8-13/h2-3,5-6H,4,7-10,14H2,1H3. The van der Waals surface area contributed by atoms with Crippen LogP contribution in [-0.2, 0) is 5.41 Å². The molecule has 0 amide bonds. The molecule has 1 aliphatic rings. The van der Waals surface area contributed by atoms with Crippen molar-refractivity contribution < 1.29 is 0 Å². The van der Waals surface area contributed by atoms with Gasteiger partial charge >= 0.3 is 0 Å². The molecule has 2 N–H and O–H groups in total. The number of thioether (sulfide) groups is 1. The summed E-state index contributed by atoms with van der Waals surface area (Å²) in [6.45, 7) is 0.808. The molecule has 2 heteroatoms. The van der Waals surface area contributed by atoms with Gasteiger partial charge in [-0.2, -0.15) is 0 Å². The third-order valence-electron chi connectivity index (χ3n) is 3.61. The summed E-state index contributed by atoms with van der Waals surface area (Å²) in [6.07, 6.45) is 7.31. The molecule has 1 aromatic carbocycles. The van der Waals surface area contributed by atoms with Gasteiger partial charge < -0.3 is 5.73 Å². The second-order valence-electron chi connectivity index (χ2n) is 4.37. The molecule has 0 radical (unpaired) electrons. The quantitative estimate of drug-likeness (QED) is 0.790. The van der Waals surface area contributed by atoms with Crippen LogP contribution in [-0.4, -0.2) is 12.8 Å². The van der Waals surface area contributed by atoms with Crippen LogP contribution in [0.2, 0.25) is 0 Å². The summed E-state index contributed by atoms with van der Waals surface area (Å²) in [4.78, 5) is 1.44. The molecule has 0 saturated heterocycles. The van der Waals surface area contributed by atoms with Gasteiger partial charge in [-0.1, -0.05) is 24.6 Å². The van der Waals surface area contributed by atoms with E-state index in [0.717, 1.165) is 13.0 Å². The fourth-order valence-electron chi connectivity index (χ4n) is 2.62. The summed E-state index contributed by atoms with van der Waals surface area (Å²) in [5.74, 6) is 0. The van der Waals surface area contributed by atoms with Crippen LogP contribution in [0.4, 0.5) is 0 Å². The van der Waals surface area contributed by atoms with Crippen molar-refractivity contribution in [1.29, 1.82) is 0 Å². The largest absolute Gasteiger partial charge is 0.330 e. The fourth-order valence-corrected chi connectivity index (χ4v) is 3.34. The van der Waals surface area contributed by atoms with Crippen LogP contribution < -0.4 is 5.73 Å². The smallest absolute Gasteiger partial charge is 0.0107 e. The lowest BCUT2D eigenvalue weighted by atomic mass is 9.62. The Morgan fingerprint density at radius 3 is 2.60 bits per heavy atom. The van der Waals surface area contributed by atoms with Crippen LogP contribution in [0.3, 0.4) is 0 Å². The van der Waals surface area contributed by atoms with E-state index in [4.69, 9.17) is 5.73 Å². The van der Waals surface area contributed by atoms with Crippen LogP contribution >= 0.6 is 11.8 Å². The van der Waals surface area contributed by atoms with Gasteiger partial charge in [0.15, 0.2) is 0 Å². The predicted octanol–water partition coefficient (Wildman–Crippen LogP) is 3.18. The molecule has 0 spiro atoms. The zero-order valence-corrected chi connectivity index (χ0v) is 10.1. The minimum absolute atomic E-state index is 0.411. The Morgan fingerprint density at radius 2 is 2.07 bits per heavy atom. The van der Waals surface area contributed by atoms with E-state index in [1.54, 1.807) is 0 Å². The first-order valence-electron chi connectivity index (χ1n) is 5.66. The number of nitrogens with two attached hydrogens (primary N) is 1. The molecule has 1 saturated carbocycles. The zero-order valence-electron chi connectivity index (χ0n) is 9.33. The Hall–Kier alpha value is -0.470. The first-order valence-corrected chi connectivity index (χ1v) is 6.88. The van der Waals surface area contributed by atoms with Crippen LogP contribution in [0.15, 0.2) is 29.2 Å². The van der Waals surface area contributed by atoms with E-state index in [2.05, 4.69) is 30.5 Å². The summed E-state index contributed by atoms with van der Waals surface area (Å²) >= 11 is 1.86. The van der Waals surface area contributed by atoms with Crippen molar-refractivity contribution in [3.05, 3.63) is 29.8 Å². The molecular weight excluding hydrogens is 202 g/mol. The molecule has 0 heterocycles. The second-order valence-corrected chi connectivity index (χ2v) is 5.22.